The van der Waals surface area contributed by atoms with E-state index < -0.39 is 0 Å². The summed E-state index contributed by atoms with van der Waals surface area (Å²) >= 11 is 1.25. The first kappa shape index (κ1) is 22.9. The van der Waals surface area contributed by atoms with Gasteiger partial charge in [-0.3, -0.25) is 9.69 Å². The van der Waals surface area contributed by atoms with Crippen molar-refractivity contribution in [1.29, 1.82) is 0 Å². The predicted molar refractivity (Wildman–Crippen MR) is 116 cm³/mol. The number of anilines is 1. The molecule has 3 N–H and O–H groups in total. The molecule has 0 saturated heterocycles. The van der Waals surface area contributed by atoms with Crippen molar-refractivity contribution in [3.8, 4) is 0 Å². The number of nitrogens with zero attached hydrogens (tertiary/aromatic N) is 3. The van der Waals surface area contributed by atoms with Crippen LogP contribution in [0, 0.1) is 5.82 Å². The van der Waals surface area contributed by atoms with Crippen LogP contribution in [0.3, 0.4) is 0 Å². The molecule has 0 bridgehead atoms. The number of hydrogen-bond donors (Lipinski definition) is 2. The lowest BCUT2D eigenvalue weighted by Gasteiger charge is -2.20. The Morgan fingerprint density at radius 1 is 1.07 bits per heavy atom. The van der Waals surface area contributed by atoms with Crippen molar-refractivity contribution in [3.63, 3.8) is 0 Å². The summed E-state index contributed by atoms with van der Waals surface area (Å²) in [6.07, 6.45) is 0.914. The molecule has 0 atom stereocenters. The molecule has 0 unspecified atom stereocenters. The van der Waals surface area contributed by atoms with E-state index in [-0.39, 0.29) is 29.1 Å². The second-order valence-electron chi connectivity index (χ2n) is 6.26. The molecule has 9 heteroatoms. The largest absolute Gasteiger partial charge is 0.329 e. The summed E-state index contributed by atoms with van der Waals surface area (Å²) < 4.78 is 13.0. The average molecular weight is 436 g/mol. The van der Waals surface area contributed by atoms with Gasteiger partial charge in [0.05, 0.1) is 6.54 Å². The minimum atomic E-state index is -0.356. The van der Waals surface area contributed by atoms with Gasteiger partial charge in [0.15, 0.2) is 0 Å². The molecule has 0 aliphatic heterocycles. The number of carbonyl (C=O) groups excluding carboxylic acids is 1. The maximum Gasteiger partial charge on any atom is 0.286 e. The summed E-state index contributed by atoms with van der Waals surface area (Å²) in [5.74, 6) is -0.711. The molecule has 29 heavy (non-hydrogen) atoms. The molecule has 0 aliphatic rings. The summed E-state index contributed by atoms with van der Waals surface area (Å²) in [6.45, 7) is 2.72. The van der Waals surface area contributed by atoms with E-state index in [1.807, 2.05) is 18.2 Å². The monoisotopic (exact) mass is 435 g/mol. The Kier molecular flexibility index (Phi) is 9.14. The van der Waals surface area contributed by atoms with Gasteiger partial charge in [-0.15, -0.1) is 22.6 Å². The highest BCUT2D eigenvalue weighted by molar-refractivity contribution is 7.13. The molecule has 1 amide bonds. The van der Waals surface area contributed by atoms with Gasteiger partial charge in [-0.1, -0.05) is 41.7 Å². The van der Waals surface area contributed by atoms with Crippen molar-refractivity contribution >= 4 is 35.3 Å². The van der Waals surface area contributed by atoms with E-state index in [1.54, 1.807) is 0 Å². The van der Waals surface area contributed by atoms with Gasteiger partial charge in [-0.05, 0) is 36.2 Å². The highest BCUT2D eigenvalue weighted by Gasteiger charge is 2.15. The predicted octanol–water partition coefficient (Wildman–Crippen LogP) is 3.35. The van der Waals surface area contributed by atoms with E-state index in [0.717, 1.165) is 24.5 Å². The van der Waals surface area contributed by atoms with Gasteiger partial charge in [0.2, 0.25) is 5.01 Å². The third-order valence-electron chi connectivity index (χ3n) is 4.13. The number of nitrogens with two attached hydrogens (primary N) is 1. The third-order valence-corrected chi connectivity index (χ3v) is 5.03. The lowest BCUT2D eigenvalue weighted by Crippen LogP contribution is -2.31. The molecule has 154 valence electrons. The standard InChI is InChI=1S/C20H22FN5OS.ClH/c21-16-6-8-17(9-7-16)23-19(27)20-25-24-18(28-20)14-26(13-11-22)12-10-15-4-2-1-3-5-15;/h1-9H,10-14,22H2,(H,23,27);1H. The Labute approximate surface area is 179 Å². The average Bonchev–Trinajstić information content (AvgIpc) is 3.18. The van der Waals surface area contributed by atoms with Crippen molar-refractivity contribution in [2.45, 2.75) is 13.0 Å². The maximum atomic E-state index is 13.0. The van der Waals surface area contributed by atoms with Crippen LogP contribution in [-0.4, -0.2) is 40.6 Å². The van der Waals surface area contributed by atoms with Crippen LogP contribution in [0.5, 0.6) is 0 Å². The molecule has 0 aliphatic carbocycles. The molecule has 3 aromatic rings. The van der Waals surface area contributed by atoms with Crippen LogP contribution >= 0.6 is 23.7 Å². The van der Waals surface area contributed by atoms with Crippen LogP contribution in [0.1, 0.15) is 20.4 Å². The van der Waals surface area contributed by atoms with Gasteiger partial charge in [-0.2, -0.15) is 0 Å². The Morgan fingerprint density at radius 2 is 1.79 bits per heavy atom. The minimum Gasteiger partial charge on any atom is -0.329 e. The third kappa shape index (κ3) is 7.17. The zero-order chi connectivity index (χ0) is 19.8. The number of carbonyl (C=O) groups is 1. The van der Waals surface area contributed by atoms with Gasteiger partial charge in [0.25, 0.3) is 5.91 Å². The van der Waals surface area contributed by atoms with Gasteiger partial charge in [0.1, 0.15) is 10.8 Å². The molecule has 0 radical (unpaired) electrons. The van der Waals surface area contributed by atoms with Gasteiger partial charge in [0, 0.05) is 25.3 Å². The SMILES string of the molecule is Cl.NCCN(CCc1ccccc1)Cc1nnc(C(=O)Nc2ccc(F)cc2)s1. The van der Waals surface area contributed by atoms with Crippen LogP contribution in [0.4, 0.5) is 10.1 Å². The summed E-state index contributed by atoms with van der Waals surface area (Å²) in [4.78, 5) is 14.5. The van der Waals surface area contributed by atoms with E-state index in [9.17, 15) is 9.18 Å². The molecule has 1 heterocycles. The van der Waals surface area contributed by atoms with Crippen molar-refractivity contribution in [3.05, 3.63) is 76.0 Å². The number of nitrogens with one attached hydrogen (secondary N) is 1. The topological polar surface area (TPSA) is 84.1 Å². The maximum absolute atomic E-state index is 13.0. The fourth-order valence-electron chi connectivity index (χ4n) is 2.70. The number of benzene rings is 2. The molecule has 6 nitrogen and oxygen atoms in total. The lowest BCUT2D eigenvalue weighted by atomic mass is 10.1. The molecular formula is C20H23ClFN5OS. The van der Waals surface area contributed by atoms with Gasteiger partial charge >= 0.3 is 0 Å². The highest BCUT2D eigenvalue weighted by Crippen LogP contribution is 2.16. The van der Waals surface area contributed by atoms with Crippen LogP contribution < -0.4 is 11.1 Å². The second kappa shape index (κ2) is 11.6. The van der Waals surface area contributed by atoms with Crippen molar-refractivity contribution < 1.29 is 9.18 Å². The lowest BCUT2D eigenvalue weighted by molar-refractivity contribution is 0.102. The summed E-state index contributed by atoms with van der Waals surface area (Å²) in [5.41, 5.74) is 7.51. The second-order valence-corrected chi connectivity index (χ2v) is 7.32. The van der Waals surface area contributed by atoms with Gasteiger partial charge in [-0.25, -0.2) is 4.39 Å². The number of rotatable bonds is 9. The van der Waals surface area contributed by atoms with Crippen molar-refractivity contribution in [2.24, 2.45) is 5.73 Å². The van der Waals surface area contributed by atoms with E-state index in [0.29, 0.717) is 18.8 Å². The van der Waals surface area contributed by atoms with E-state index in [1.165, 1.54) is 41.2 Å². The van der Waals surface area contributed by atoms with Crippen LogP contribution in [0.25, 0.3) is 0 Å². The first-order valence-corrected chi connectivity index (χ1v) is 9.81. The Bertz CT molecular complexity index is 891. The molecule has 1 aromatic heterocycles. The Hall–Kier alpha value is -2.39. The molecule has 3 rings (SSSR count). The molecule has 0 spiro atoms. The fraction of sp³-hybridized carbons (Fsp3) is 0.250. The zero-order valence-electron chi connectivity index (χ0n) is 15.8. The summed E-state index contributed by atoms with van der Waals surface area (Å²) in [6, 6.07) is 15.8. The van der Waals surface area contributed by atoms with E-state index in [2.05, 4.69) is 32.5 Å². The first-order valence-electron chi connectivity index (χ1n) is 8.99. The number of aromatic nitrogens is 2. The van der Waals surface area contributed by atoms with E-state index >= 15 is 0 Å². The van der Waals surface area contributed by atoms with Crippen LogP contribution in [0.2, 0.25) is 0 Å². The molecule has 0 fully saturated rings. The van der Waals surface area contributed by atoms with Crippen molar-refractivity contribution in [1.82, 2.24) is 15.1 Å². The van der Waals surface area contributed by atoms with Crippen molar-refractivity contribution in [2.75, 3.05) is 25.0 Å². The highest BCUT2D eigenvalue weighted by atomic mass is 35.5. The zero-order valence-corrected chi connectivity index (χ0v) is 17.4. The summed E-state index contributed by atoms with van der Waals surface area (Å²) in [5, 5.41) is 11.8. The van der Waals surface area contributed by atoms with Crippen LogP contribution in [0.15, 0.2) is 54.6 Å². The Balaban J connectivity index is 0.00000300. The van der Waals surface area contributed by atoms with E-state index in [4.69, 9.17) is 5.73 Å². The molecular weight excluding hydrogens is 413 g/mol. The first-order chi connectivity index (χ1) is 13.6. The molecule has 2 aromatic carbocycles. The van der Waals surface area contributed by atoms with Gasteiger partial charge < -0.3 is 11.1 Å². The number of amides is 1. The smallest absolute Gasteiger partial charge is 0.286 e. The number of hydrogen-bond acceptors (Lipinski definition) is 6. The Morgan fingerprint density at radius 3 is 2.48 bits per heavy atom. The van der Waals surface area contributed by atoms with Crippen LogP contribution in [-0.2, 0) is 13.0 Å². The number of halogens is 2. The summed E-state index contributed by atoms with van der Waals surface area (Å²) in [7, 11) is 0. The fourth-order valence-corrected chi connectivity index (χ4v) is 3.48. The quantitative estimate of drug-likeness (QED) is 0.538. The normalized spacial score (nSPS) is 10.6. The molecule has 0 saturated carbocycles. The minimum absolute atomic E-state index is 0.